The van der Waals surface area contributed by atoms with Gasteiger partial charge in [0.1, 0.15) is 11.5 Å². The third-order valence-corrected chi connectivity index (χ3v) is 5.26. The second kappa shape index (κ2) is 11.5. The second-order valence-corrected chi connectivity index (χ2v) is 8.01. The number of rotatable bonds is 5. The molecule has 2 aliphatic heterocycles. The molecule has 0 aliphatic carbocycles. The number of alkyl halides is 3. The van der Waals surface area contributed by atoms with Crippen LogP contribution in [0.3, 0.4) is 0 Å². The number of para-hydroxylation sites is 1. The molecule has 10 nitrogen and oxygen atoms in total. The van der Waals surface area contributed by atoms with Gasteiger partial charge in [-0.2, -0.15) is 13.2 Å². The Kier molecular flexibility index (Phi) is 8.46. The molecule has 0 bridgehead atoms. The van der Waals surface area contributed by atoms with Crippen LogP contribution in [0.25, 0.3) is 0 Å². The van der Waals surface area contributed by atoms with E-state index in [2.05, 4.69) is 15.5 Å². The molecule has 13 heteroatoms. The van der Waals surface area contributed by atoms with Gasteiger partial charge in [0.25, 0.3) is 11.8 Å². The zero-order chi connectivity index (χ0) is 26.2. The van der Waals surface area contributed by atoms with Crippen LogP contribution in [0.1, 0.15) is 19.3 Å². The van der Waals surface area contributed by atoms with Crippen LogP contribution in [0.5, 0.6) is 5.75 Å². The number of hydrogen-bond acceptors (Lipinski definition) is 7. The van der Waals surface area contributed by atoms with Gasteiger partial charge in [0.2, 0.25) is 0 Å². The molecule has 36 heavy (non-hydrogen) atoms. The number of ether oxygens (including phenoxy) is 1. The van der Waals surface area contributed by atoms with E-state index in [9.17, 15) is 22.8 Å². The molecule has 1 fully saturated rings. The van der Waals surface area contributed by atoms with Crippen molar-refractivity contribution in [3.05, 3.63) is 54.9 Å². The number of aromatic nitrogens is 1. The molecule has 1 atom stereocenters. The molecule has 1 aromatic carbocycles. The zero-order valence-corrected chi connectivity index (χ0v) is 18.9. The number of hydrogen-bond donors (Lipinski definition) is 2. The Morgan fingerprint density at radius 1 is 1.17 bits per heavy atom. The molecule has 2 amide bonds. The van der Waals surface area contributed by atoms with Gasteiger partial charge in [-0.1, -0.05) is 23.4 Å². The van der Waals surface area contributed by atoms with Crippen LogP contribution in [0.15, 0.2) is 60.0 Å². The summed E-state index contributed by atoms with van der Waals surface area (Å²) >= 11 is 0. The predicted octanol–water partition coefficient (Wildman–Crippen LogP) is 2.87. The Morgan fingerprint density at radius 2 is 1.89 bits per heavy atom. The van der Waals surface area contributed by atoms with Gasteiger partial charge >= 0.3 is 12.1 Å². The van der Waals surface area contributed by atoms with E-state index in [1.807, 2.05) is 30.3 Å². The molecule has 1 spiro atoms. The number of pyridine rings is 1. The van der Waals surface area contributed by atoms with Gasteiger partial charge in [0, 0.05) is 19.2 Å². The van der Waals surface area contributed by atoms with E-state index in [1.54, 1.807) is 29.4 Å². The third kappa shape index (κ3) is 7.42. The van der Waals surface area contributed by atoms with Crippen LogP contribution < -0.4 is 10.1 Å². The van der Waals surface area contributed by atoms with Gasteiger partial charge < -0.3 is 24.9 Å². The number of halogens is 3. The average molecular weight is 508 g/mol. The van der Waals surface area contributed by atoms with E-state index >= 15 is 0 Å². The number of anilines is 1. The smallest absolute Gasteiger partial charge is 0.484 e. The van der Waals surface area contributed by atoms with Crippen molar-refractivity contribution in [2.45, 2.75) is 31.0 Å². The highest BCUT2D eigenvalue weighted by atomic mass is 19.4. The van der Waals surface area contributed by atoms with Crippen molar-refractivity contribution >= 4 is 29.2 Å². The molecule has 2 aliphatic rings. The van der Waals surface area contributed by atoms with Gasteiger partial charge in [-0.05, 0) is 37.1 Å². The molecule has 3 heterocycles. The van der Waals surface area contributed by atoms with E-state index in [0.717, 1.165) is 12.8 Å². The highest BCUT2D eigenvalue weighted by Gasteiger charge is 2.45. The molecule has 1 unspecified atom stereocenters. The standard InChI is InChI=1S/C21H22N4O4.C2HF3O2/c26-19(14-28-17-7-2-1-3-8-17)25-11-5-9-21(15-25)12-18(24-29-21)20(27)23-16-6-4-10-22-13-16;3-2(4,5)1(6)7/h1-4,6-8,10,13H,5,9,11-12,14-15H2,(H,23,27);(H,6,7). The molecule has 1 saturated heterocycles. The first-order valence-corrected chi connectivity index (χ1v) is 10.8. The molecule has 0 saturated carbocycles. The Hall–Kier alpha value is -4.16. The first-order chi connectivity index (χ1) is 17.1. The van der Waals surface area contributed by atoms with Crippen molar-refractivity contribution in [1.82, 2.24) is 9.88 Å². The second-order valence-electron chi connectivity index (χ2n) is 8.01. The number of likely N-dealkylation sites (tertiary alicyclic amines) is 1. The normalized spacial score (nSPS) is 18.9. The van der Waals surface area contributed by atoms with Gasteiger partial charge in [0.05, 0.1) is 18.4 Å². The number of nitrogens with zero attached hydrogens (tertiary/aromatic N) is 3. The number of nitrogens with one attached hydrogen (secondary N) is 1. The average Bonchev–Trinajstić information content (AvgIpc) is 3.26. The summed E-state index contributed by atoms with van der Waals surface area (Å²) in [6, 6.07) is 12.7. The summed E-state index contributed by atoms with van der Waals surface area (Å²) in [5, 5.41) is 13.9. The summed E-state index contributed by atoms with van der Waals surface area (Å²) in [6.07, 6.45) is 0.00375. The fraction of sp³-hybridized carbons (Fsp3) is 0.348. The van der Waals surface area contributed by atoms with Crippen molar-refractivity contribution in [3.63, 3.8) is 0 Å². The summed E-state index contributed by atoms with van der Waals surface area (Å²) in [5.41, 5.74) is 0.269. The number of piperidine rings is 1. The number of carbonyl (C=O) groups excluding carboxylic acids is 2. The fourth-order valence-corrected chi connectivity index (χ4v) is 3.57. The molecule has 192 valence electrons. The van der Waals surface area contributed by atoms with Crippen LogP contribution in [0.2, 0.25) is 0 Å². The first-order valence-electron chi connectivity index (χ1n) is 10.8. The summed E-state index contributed by atoms with van der Waals surface area (Å²) in [7, 11) is 0. The van der Waals surface area contributed by atoms with Crippen LogP contribution >= 0.6 is 0 Å². The van der Waals surface area contributed by atoms with E-state index in [-0.39, 0.29) is 18.4 Å². The number of carboxylic acids is 1. The van der Waals surface area contributed by atoms with Gasteiger partial charge in [-0.15, -0.1) is 0 Å². The summed E-state index contributed by atoms with van der Waals surface area (Å²) in [4.78, 5) is 45.3. The van der Waals surface area contributed by atoms with Crippen LogP contribution in [-0.4, -0.2) is 70.0 Å². The number of aliphatic carboxylic acids is 1. The lowest BCUT2D eigenvalue weighted by molar-refractivity contribution is -0.192. The van der Waals surface area contributed by atoms with E-state index in [1.165, 1.54) is 0 Å². The number of oxime groups is 1. The molecule has 2 N–H and O–H groups in total. The Balaban J connectivity index is 0.000000454. The minimum atomic E-state index is -5.08. The lowest BCUT2D eigenvalue weighted by atomic mass is 9.88. The molecule has 0 radical (unpaired) electrons. The monoisotopic (exact) mass is 508 g/mol. The molecule has 2 aromatic rings. The first kappa shape index (κ1) is 26.4. The van der Waals surface area contributed by atoms with Crippen molar-refractivity contribution in [2.24, 2.45) is 5.16 Å². The molecule has 1 aromatic heterocycles. The maximum Gasteiger partial charge on any atom is 0.490 e. The van der Waals surface area contributed by atoms with E-state index < -0.39 is 17.7 Å². The van der Waals surface area contributed by atoms with Gasteiger partial charge in [-0.3, -0.25) is 14.6 Å². The van der Waals surface area contributed by atoms with Crippen molar-refractivity contribution in [2.75, 3.05) is 25.0 Å². The number of carboxylic acid groups (broad SMARTS) is 1. The lowest BCUT2D eigenvalue weighted by Crippen LogP contribution is -2.51. The largest absolute Gasteiger partial charge is 0.490 e. The van der Waals surface area contributed by atoms with Crippen molar-refractivity contribution in [3.8, 4) is 5.75 Å². The molecular weight excluding hydrogens is 485 g/mol. The zero-order valence-electron chi connectivity index (χ0n) is 18.9. The van der Waals surface area contributed by atoms with Gasteiger partial charge in [0.15, 0.2) is 12.2 Å². The Labute approximate surface area is 203 Å². The maximum absolute atomic E-state index is 12.6. The minimum Gasteiger partial charge on any atom is -0.484 e. The highest BCUT2D eigenvalue weighted by molar-refractivity contribution is 6.43. The van der Waals surface area contributed by atoms with E-state index in [0.29, 0.717) is 36.7 Å². The Morgan fingerprint density at radius 3 is 2.53 bits per heavy atom. The number of carbonyl (C=O) groups is 3. The van der Waals surface area contributed by atoms with E-state index in [4.69, 9.17) is 19.5 Å². The lowest BCUT2D eigenvalue weighted by Gasteiger charge is -2.38. The predicted molar refractivity (Wildman–Crippen MR) is 120 cm³/mol. The fourth-order valence-electron chi connectivity index (χ4n) is 3.57. The Bertz CT molecular complexity index is 1100. The summed E-state index contributed by atoms with van der Waals surface area (Å²) < 4.78 is 37.3. The molecule has 4 rings (SSSR count). The highest BCUT2D eigenvalue weighted by Crippen LogP contribution is 2.33. The third-order valence-electron chi connectivity index (χ3n) is 5.26. The van der Waals surface area contributed by atoms with Crippen LogP contribution in [0.4, 0.5) is 18.9 Å². The number of amides is 2. The minimum absolute atomic E-state index is 0.0324. The summed E-state index contributed by atoms with van der Waals surface area (Å²) in [5.74, 6) is -2.52. The van der Waals surface area contributed by atoms with Crippen LogP contribution in [0, 0.1) is 0 Å². The number of benzene rings is 1. The quantitative estimate of drug-likeness (QED) is 0.635. The van der Waals surface area contributed by atoms with Crippen molar-refractivity contribution < 1.29 is 42.2 Å². The van der Waals surface area contributed by atoms with Crippen molar-refractivity contribution in [1.29, 1.82) is 0 Å². The van der Waals surface area contributed by atoms with Crippen LogP contribution in [-0.2, 0) is 19.2 Å². The topological polar surface area (TPSA) is 130 Å². The van der Waals surface area contributed by atoms with Gasteiger partial charge in [-0.25, -0.2) is 4.79 Å². The summed E-state index contributed by atoms with van der Waals surface area (Å²) in [6.45, 7) is 0.992. The molecular formula is C23H23F3N4O6. The SMILES string of the molecule is O=C(Nc1cccnc1)C1=NOC2(CCCN(C(=O)COc3ccccc3)C2)C1.O=C(O)C(F)(F)F. The maximum atomic E-state index is 12.6.